The number of aliphatic hydroxyl groups excluding tert-OH is 3. The molecule has 2 saturated carbocycles. The van der Waals surface area contributed by atoms with Crippen molar-refractivity contribution in [1.29, 1.82) is 0 Å². The van der Waals surface area contributed by atoms with E-state index in [-0.39, 0.29) is 35.2 Å². The summed E-state index contributed by atoms with van der Waals surface area (Å²) in [5, 5.41) is 34.1. The summed E-state index contributed by atoms with van der Waals surface area (Å²) in [7, 11) is 0. The summed E-state index contributed by atoms with van der Waals surface area (Å²) in [6.45, 7) is 7.25. The van der Waals surface area contributed by atoms with Gasteiger partial charge in [-0.15, -0.1) is 0 Å². The molecule has 0 aromatic rings. The number of Topliss-reactive ketones (excluding diaryl/α,β-unsaturated/α-hetero) is 1. The summed E-state index contributed by atoms with van der Waals surface area (Å²) in [4.78, 5) is 15.8. The van der Waals surface area contributed by atoms with Crippen molar-refractivity contribution in [1.82, 2.24) is 4.90 Å². The first kappa shape index (κ1) is 24.6. The SMILES string of the molecule is C=C(N)C1=CC[C@@H]2CC3CC4C(C5CC=C(CN6CCCC6)C5)C=CC(O)C4C(O)C3C(O)C2C1=O. The standard InChI is InChI=1S/C30H42N2O4/c1-16(31)21-7-6-19-13-20-14-23-22(18-5-4-17(12-18)15-32-10-2-3-11-32)8-9-24(33)27(23)30(36)26(20)29(35)25(19)28(21)34/h4,7-9,18-20,22-27,29-30,33,35-36H,1-3,5-6,10-15,31H2/t18?,19-,20?,22?,23?,24?,25?,26?,27?,29?,30?/m1/s1. The molecule has 1 heterocycles. The Hall–Kier alpha value is -1.73. The van der Waals surface area contributed by atoms with Crippen molar-refractivity contribution in [2.45, 2.75) is 63.3 Å². The second kappa shape index (κ2) is 9.54. The number of rotatable bonds is 4. The van der Waals surface area contributed by atoms with E-state index in [1.807, 2.05) is 12.2 Å². The van der Waals surface area contributed by atoms with E-state index < -0.39 is 30.1 Å². The molecule has 0 aromatic carbocycles. The molecule has 6 rings (SSSR count). The number of hydrogen-bond acceptors (Lipinski definition) is 6. The van der Waals surface area contributed by atoms with Gasteiger partial charge in [0.25, 0.3) is 0 Å². The van der Waals surface area contributed by atoms with Crippen molar-refractivity contribution in [2.75, 3.05) is 19.6 Å². The molecule has 0 bridgehead atoms. The molecule has 11 atom stereocenters. The van der Waals surface area contributed by atoms with Gasteiger partial charge in [0.2, 0.25) is 0 Å². The lowest BCUT2D eigenvalue weighted by Crippen LogP contribution is -2.61. The number of hydrogen-bond donors (Lipinski definition) is 4. The van der Waals surface area contributed by atoms with Crippen molar-refractivity contribution < 1.29 is 20.1 Å². The van der Waals surface area contributed by atoms with E-state index in [0.29, 0.717) is 23.8 Å². The van der Waals surface area contributed by atoms with E-state index in [0.717, 1.165) is 32.2 Å². The summed E-state index contributed by atoms with van der Waals surface area (Å²) in [5.41, 5.74) is 8.09. The number of aliphatic hydroxyl groups is 3. The zero-order chi connectivity index (χ0) is 25.1. The quantitative estimate of drug-likeness (QED) is 0.448. The Bertz CT molecular complexity index is 995. The van der Waals surface area contributed by atoms with Crippen LogP contribution in [0.2, 0.25) is 0 Å². The van der Waals surface area contributed by atoms with E-state index in [2.05, 4.69) is 23.6 Å². The van der Waals surface area contributed by atoms with Gasteiger partial charge >= 0.3 is 0 Å². The molecule has 0 aromatic heterocycles. The Kier molecular flexibility index (Phi) is 6.52. The van der Waals surface area contributed by atoms with Gasteiger partial charge in [-0.3, -0.25) is 9.69 Å². The topological polar surface area (TPSA) is 107 Å². The van der Waals surface area contributed by atoms with Crippen LogP contribution < -0.4 is 5.73 Å². The molecule has 6 heteroatoms. The van der Waals surface area contributed by atoms with Crippen molar-refractivity contribution in [3.63, 3.8) is 0 Å². The molecule has 0 spiro atoms. The van der Waals surface area contributed by atoms with Crippen LogP contribution in [0.5, 0.6) is 0 Å². The highest BCUT2D eigenvalue weighted by molar-refractivity contribution is 6.02. The maximum atomic E-state index is 13.2. The van der Waals surface area contributed by atoms with Crippen LogP contribution >= 0.6 is 0 Å². The van der Waals surface area contributed by atoms with Crippen molar-refractivity contribution in [3.05, 3.63) is 47.7 Å². The lowest BCUT2D eigenvalue weighted by molar-refractivity contribution is -0.174. The van der Waals surface area contributed by atoms with Crippen molar-refractivity contribution >= 4 is 5.78 Å². The van der Waals surface area contributed by atoms with Crippen LogP contribution in [0.3, 0.4) is 0 Å². The first-order valence-corrected chi connectivity index (χ1v) is 14.2. The molecule has 6 nitrogen and oxygen atoms in total. The molecule has 1 saturated heterocycles. The first-order chi connectivity index (χ1) is 17.3. The fourth-order valence-corrected chi connectivity index (χ4v) is 9.05. The Labute approximate surface area is 214 Å². The molecule has 36 heavy (non-hydrogen) atoms. The van der Waals surface area contributed by atoms with E-state index in [1.165, 1.54) is 25.9 Å². The number of carbonyl (C=O) groups excluding carboxylic acids is 1. The third-order valence-electron chi connectivity index (χ3n) is 10.6. The van der Waals surface area contributed by atoms with Gasteiger partial charge in [0.15, 0.2) is 5.78 Å². The number of fused-ring (bicyclic) bond motifs is 3. The van der Waals surface area contributed by atoms with Gasteiger partial charge in [0.1, 0.15) is 0 Å². The molecule has 5 N–H and O–H groups in total. The third-order valence-corrected chi connectivity index (χ3v) is 10.6. The van der Waals surface area contributed by atoms with Crippen LogP contribution in [0.4, 0.5) is 0 Å². The highest BCUT2D eigenvalue weighted by Gasteiger charge is 2.58. The summed E-state index contributed by atoms with van der Waals surface area (Å²) in [5.74, 6) is -0.102. The van der Waals surface area contributed by atoms with Gasteiger partial charge in [-0.25, -0.2) is 0 Å². The largest absolute Gasteiger partial charge is 0.399 e. The molecule has 0 radical (unpaired) electrons. The number of carbonyl (C=O) groups is 1. The minimum Gasteiger partial charge on any atom is -0.399 e. The highest BCUT2D eigenvalue weighted by Crippen LogP contribution is 2.56. The molecule has 6 aliphatic rings. The van der Waals surface area contributed by atoms with Gasteiger partial charge in [0.05, 0.1) is 24.2 Å². The molecule has 5 aliphatic carbocycles. The third kappa shape index (κ3) is 4.05. The van der Waals surface area contributed by atoms with Crippen molar-refractivity contribution in [2.24, 2.45) is 53.1 Å². The van der Waals surface area contributed by atoms with Gasteiger partial charge in [-0.05, 0) is 87.6 Å². The minimum atomic E-state index is -0.919. The number of nitrogens with zero attached hydrogens (tertiary/aromatic N) is 1. The zero-order valence-corrected chi connectivity index (χ0v) is 21.2. The Morgan fingerprint density at radius 2 is 1.72 bits per heavy atom. The number of likely N-dealkylation sites (tertiary alicyclic amines) is 1. The Morgan fingerprint density at radius 1 is 0.972 bits per heavy atom. The maximum Gasteiger partial charge on any atom is 0.170 e. The lowest BCUT2D eigenvalue weighted by Gasteiger charge is -2.56. The Balaban J connectivity index is 1.21. The van der Waals surface area contributed by atoms with Crippen LogP contribution in [-0.2, 0) is 4.79 Å². The fourth-order valence-electron chi connectivity index (χ4n) is 9.05. The number of ketones is 1. The van der Waals surface area contributed by atoms with E-state index >= 15 is 0 Å². The van der Waals surface area contributed by atoms with Gasteiger partial charge in [-0.1, -0.05) is 36.5 Å². The second-order valence-electron chi connectivity index (χ2n) is 12.6. The minimum absolute atomic E-state index is 0.0725. The number of nitrogens with two attached hydrogens (primary N) is 1. The molecule has 10 unspecified atom stereocenters. The van der Waals surface area contributed by atoms with Crippen molar-refractivity contribution in [3.8, 4) is 0 Å². The maximum absolute atomic E-state index is 13.2. The van der Waals surface area contributed by atoms with Crippen LogP contribution in [0.15, 0.2) is 47.7 Å². The van der Waals surface area contributed by atoms with E-state index in [4.69, 9.17) is 5.73 Å². The summed E-state index contributed by atoms with van der Waals surface area (Å²) in [6, 6.07) is 0. The average molecular weight is 495 g/mol. The van der Waals surface area contributed by atoms with E-state index in [1.54, 1.807) is 5.57 Å². The average Bonchev–Trinajstić information content (AvgIpc) is 3.51. The lowest BCUT2D eigenvalue weighted by atomic mass is 9.50. The number of allylic oxidation sites excluding steroid dienone is 4. The Morgan fingerprint density at radius 3 is 2.47 bits per heavy atom. The highest BCUT2D eigenvalue weighted by atomic mass is 16.3. The molecule has 0 amide bonds. The summed E-state index contributed by atoms with van der Waals surface area (Å²) >= 11 is 0. The van der Waals surface area contributed by atoms with E-state index in [9.17, 15) is 20.1 Å². The predicted molar refractivity (Wildman–Crippen MR) is 138 cm³/mol. The zero-order valence-electron chi connectivity index (χ0n) is 21.2. The molecular weight excluding hydrogens is 452 g/mol. The summed E-state index contributed by atoms with van der Waals surface area (Å²) in [6.07, 6.45) is 13.2. The van der Waals surface area contributed by atoms with Crippen LogP contribution in [0.25, 0.3) is 0 Å². The summed E-state index contributed by atoms with van der Waals surface area (Å²) < 4.78 is 0. The molecule has 1 aliphatic heterocycles. The molecule has 196 valence electrons. The van der Waals surface area contributed by atoms with Gasteiger partial charge < -0.3 is 21.1 Å². The second-order valence-corrected chi connectivity index (χ2v) is 12.6. The predicted octanol–water partition coefficient (Wildman–Crippen LogP) is 2.56. The first-order valence-electron chi connectivity index (χ1n) is 14.2. The van der Waals surface area contributed by atoms with Crippen LogP contribution in [-0.4, -0.2) is 63.9 Å². The normalized spacial score (nSPS) is 46.5. The van der Waals surface area contributed by atoms with Gasteiger partial charge in [0, 0.05) is 29.7 Å². The molecule has 3 fully saturated rings. The fraction of sp³-hybridized carbons (Fsp3) is 0.700. The smallest absolute Gasteiger partial charge is 0.170 e. The molecular formula is C30H42N2O4. The van der Waals surface area contributed by atoms with Crippen LogP contribution in [0.1, 0.15) is 44.9 Å². The van der Waals surface area contributed by atoms with Gasteiger partial charge in [-0.2, -0.15) is 0 Å². The monoisotopic (exact) mass is 494 g/mol. The van der Waals surface area contributed by atoms with Crippen LogP contribution in [0, 0.1) is 47.3 Å².